The number of nitrogens with zero attached hydrogens (tertiary/aromatic N) is 3. The van der Waals surface area contributed by atoms with Crippen LogP contribution < -0.4 is 9.47 Å². The predicted octanol–water partition coefficient (Wildman–Crippen LogP) is 1.74. The van der Waals surface area contributed by atoms with Crippen LogP contribution in [0.3, 0.4) is 0 Å². The first-order chi connectivity index (χ1) is 10.9. The van der Waals surface area contributed by atoms with Gasteiger partial charge in [0.1, 0.15) is 16.4 Å². The summed E-state index contributed by atoms with van der Waals surface area (Å²) in [7, 11) is 0.730. The Bertz CT molecular complexity index is 771. The lowest BCUT2D eigenvalue weighted by Gasteiger charge is -2.18. The highest BCUT2D eigenvalue weighted by Crippen LogP contribution is 2.30. The van der Waals surface area contributed by atoms with Crippen LogP contribution in [0.4, 0.5) is 0 Å². The molecule has 0 saturated carbocycles. The zero-order valence-corrected chi connectivity index (χ0v) is 14.5. The Morgan fingerprint density at radius 1 is 1.26 bits per heavy atom. The molecule has 126 valence electrons. The first kappa shape index (κ1) is 17.3. The maximum Gasteiger partial charge on any atom is 0.246 e. The average Bonchev–Trinajstić information content (AvgIpc) is 3.01. The van der Waals surface area contributed by atoms with Gasteiger partial charge in [-0.05, 0) is 19.1 Å². The van der Waals surface area contributed by atoms with E-state index in [1.807, 2.05) is 13.1 Å². The van der Waals surface area contributed by atoms with Crippen molar-refractivity contribution in [3.05, 3.63) is 36.2 Å². The van der Waals surface area contributed by atoms with Crippen LogP contribution in [0.15, 0.2) is 35.5 Å². The largest absolute Gasteiger partial charge is 0.497 e. The first-order valence-corrected chi connectivity index (χ1v) is 8.56. The maximum atomic E-state index is 12.8. The summed E-state index contributed by atoms with van der Waals surface area (Å²) in [4.78, 5) is 0.0738. The lowest BCUT2D eigenvalue weighted by Crippen LogP contribution is -2.26. The van der Waals surface area contributed by atoms with Crippen molar-refractivity contribution in [1.29, 1.82) is 0 Å². The lowest BCUT2D eigenvalue weighted by molar-refractivity contribution is 0.388. The molecule has 0 unspecified atom stereocenters. The molecule has 0 aliphatic carbocycles. The Morgan fingerprint density at radius 2 is 2.00 bits per heavy atom. The molecule has 0 N–H and O–H groups in total. The second-order valence-corrected chi connectivity index (χ2v) is 7.00. The van der Waals surface area contributed by atoms with Gasteiger partial charge in [-0.3, -0.25) is 4.68 Å². The van der Waals surface area contributed by atoms with Gasteiger partial charge in [0.25, 0.3) is 0 Å². The van der Waals surface area contributed by atoms with Crippen molar-refractivity contribution in [3.63, 3.8) is 0 Å². The normalized spacial score (nSPS) is 11.7. The fourth-order valence-electron chi connectivity index (χ4n) is 2.16. The standard InChI is InChI=1S/C15H21N3O4S/c1-5-18-11-12(9-16-18)10-17(2)23(19,20)15-8-13(21-3)6-7-14(15)22-4/h6-9,11H,5,10H2,1-4H3. The smallest absolute Gasteiger partial charge is 0.246 e. The van der Waals surface area contributed by atoms with Crippen molar-refractivity contribution in [2.24, 2.45) is 0 Å². The van der Waals surface area contributed by atoms with Crippen LogP contribution >= 0.6 is 0 Å². The number of ether oxygens (including phenoxy) is 2. The molecule has 0 aliphatic heterocycles. The van der Waals surface area contributed by atoms with Crippen molar-refractivity contribution in [3.8, 4) is 11.5 Å². The van der Waals surface area contributed by atoms with Crippen LogP contribution in [0.2, 0.25) is 0 Å². The summed E-state index contributed by atoms with van der Waals surface area (Å²) in [5.74, 6) is 0.735. The van der Waals surface area contributed by atoms with Crippen molar-refractivity contribution in [2.45, 2.75) is 24.9 Å². The molecular formula is C15H21N3O4S. The molecule has 0 aliphatic rings. The minimum absolute atomic E-state index is 0.0738. The third-order valence-corrected chi connectivity index (χ3v) is 5.30. The second kappa shape index (κ2) is 7.01. The Morgan fingerprint density at radius 3 is 2.57 bits per heavy atom. The molecule has 23 heavy (non-hydrogen) atoms. The third kappa shape index (κ3) is 3.65. The minimum Gasteiger partial charge on any atom is -0.497 e. The highest BCUT2D eigenvalue weighted by atomic mass is 32.2. The maximum absolute atomic E-state index is 12.8. The summed E-state index contributed by atoms with van der Waals surface area (Å²) in [6.07, 6.45) is 3.49. The molecule has 8 heteroatoms. The van der Waals surface area contributed by atoms with E-state index < -0.39 is 10.0 Å². The summed E-state index contributed by atoms with van der Waals surface area (Å²) in [5.41, 5.74) is 0.819. The molecule has 0 spiro atoms. The first-order valence-electron chi connectivity index (χ1n) is 7.12. The number of aromatic nitrogens is 2. The summed E-state index contributed by atoms with van der Waals surface area (Å²) >= 11 is 0. The third-order valence-electron chi connectivity index (χ3n) is 3.47. The molecule has 0 amide bonds. The fraction of sp³-hybridized carbons (Fsp3) is 0.400. The second-order valence-electron chi connectivity index (χ2n) is 4.98. The summed E-state index contributed by atoms with van der Waals surface area (Å²) in [5, 5.41) is 4.15. The topological polar surface area (TPSA) is 73.7 Å². The predicted molar refractivity (Wildman–Crippen MR) is 86.1 cm³/mol. The Hall–Kier alpha value is -2.06. The fourth-order valence-corrected chi connectivity index (χ4v) is 3.48. The molecule has 2 rings (SSSR count). The number of hydrogen-bond donors (Lipinski definition) is 0. The van der Waals surface area contributed by atoms with Gasteiger partial charge >= 0.3 is 0 Å². The van der Waals surface area contributed by atoms with Crippen molar-refractivity contribution >= 4 is 10.0 Å². The molecule has 1 heterocycles. The Balaban J connectivity index is 2.32. The summed E-state index contributed by atoms with van der Waals surface area (Å²) < 4.78 is 39.0. The van der Waals surface area contributed by atoms with Crippen LogP contribution in [0, 0.1) is 0 Å². The number of aryl methyl sites for hydroxylation is 1. The van der Waals surface area contributed by atoms with E-state index in [4.69, 9.17) is 9.47 Å². The number of methoxy groups -OCH3 is 2. The monoisotopic (exact) mass is 339 g/mol. The van der Waals surface area contributed by atoms with Gasteiger partial charge in [-0.2, -0.15) is 9.40 Å². The van der Waals surface area contributed by atoms with Gasteiger partial charge in [0.2, 0.25) is 10.0 Å². The molecule has 0 bridgehead atoms. The highest BCUT2D eigenvalue weighted by Gasteiger charge is 2.26. The Kier molecular flexibility index (Phi) is 5.27. The van der Waals surface area contributed by atoms with Crippen LogP contribution in [0.1, 0.15) is 12.5 Å². The van der Waals surface area contributed by atoms with Gasteiger partial charge in [-0.15, -0.1) is 0 Å². The van der Waals surface area contributed by atoms with E-state index >= 15 is 0 Å². The van der Waals surface area contributed by atoms with E-state index in [-0.39, 0.29) is 17.2 Å². The van der Waals surface area contributed by atoms with Crippen LogP contribution in [-0.2, 0) is 23.1 Å². The lowest BCUT2D eigenvalue weighted by atomic mass is 10.3. The van der Waals surface area contributed by atoms with Gasteiger partial charge < -0.3 is 9.47 Å². The molecular weight excluding hydrogens is 318 g/mol. The SMILES string of the molecule is CCn1cc(CN(C)S(=O)(=O)c2cc(OC)ccc2OC)cn1. The molecule has 7 nitrogen and oxygen atoms in total. The van der Waals surface area contributed by atoms with E-state index in [2.05, 4.69) is 5.10 Å². The van der Waals surface area contributed by atoms with Gasteiger partial charge in [0.05, 0.1) is 20.4 Å². The molecule has 1 aromatic heterocycles. The molecule has 0 atom stereocenters. The van der Waals surface area contributed by atoms with Crippen LogP contribution in [0.25, 0.3) is 0 Å². The van der Waals surface area contributed by atoms with Gasteiger partial charge in [0.15, 0.2) is 0 Å². The molecule has 2 aromatic rings. The van der Waals surface area contributed by atoms with E-state index in [1.54, 1.807) is 23.0 Å². The van der Waals surface area contributed by atoms with E-state index in [1.165, 1.54) is 31.6 Å². The zero-order valence-electron chi connectivity index (χ0n) is 13.7. The van der Waals surface area contributed by atoms with E-state index in [0.717, 1.165) is 12.1 Å². The van der Waals surface area contributed by atoms with E-state index in [9.17, 15) is 8.42 Å². The number of sulfonamides is 1. The molecule has 0 radical (unpaired) electrons. The number of hydrogen-bond acceptors (Lipinski definition) is 5. The molecule has 0 fully saturated rings. The highest BCUT2D eigenvalue weighted by molar-refractivity contribution is 7.89. The van der Waals surface area contributed by atoms with Crippen molar-refractivity contribution in [2.75, 3.05) is 21.3 Å². The molecule has 1 aromatic carbocycles. The van der Waals surface area contributed by atoms with Gasteiger partial charge in [-0.25, -0.2) is 8.42 Å². The van der Waals surface area contributed by atoms with Crippen molar-refractivity contribution in [1.82, 2.24) is 14.1 Å². The van der Waals surface area contributed by atoms with Gasteiger partial charge in [-0.1, -0.05) is 0 Å². The average molecular weight is 339 g/mol. The summed E-state index contributed by atoms with van der Waals surface area (Å²) in [6, 6.07) is 4.69. The van der Waals surface area contributed by atoms with Crippen LogP contribution in [0.5, 0.6) is 11.5 Å². The minimum atomic E-state index is -3.72. The Labute approximate surface area is 136 Å². The number of benzene rings is 1. The number of rotatable bonds is 7. The molecule has 0 saturated heterocycles. The van der Waals surface area contributed by atoms with E-state index in [0.29, 0.717) is 5.75 Å². The van der Waals surface area contributed by atoms with Gasteiger partial charge in [0, 0.05) is 38.0 Å². The zero-order chi connectivity index (χ0) is 17.0. The quantitative estimate of drug-likeness (QED) is 0.768. The summed E-state index contributed by atoms with van der Waals surface area (Å²) in [6.45, 7) is 2.93. The van der Waals surface area contributed by atoms with Crippen LogP contribution in [-0.4, -0.2) is 43.8 Å². The van der Waals surface area contributed by atoms with Crippen molar-refractivity contribution < 1.29 is 17.9 Å².